The highest BCUT2D eigenvalue weighted by molar-refractivity contribution is 7.91. The van der Waals surface area contributed by atoms with E-state index < -0.39 is 10.0 Å². The predicted molar refractivity (Wildman–Crippen MR) is 73.5 cm³/mol. The third-order valence-corrected chi connectivity index (χ3v) is 6.31. The van der Waals surface area contributed by atoms with Crippen LogP contribution in [0.25, 0.3) is 0 Å². The van der Waals surface area contributed by atoms with Gasteiger partial charge in [0, 0.05) is 18.0 Å². The first kappa shape index (κ1) is 14.4. The zero-order valence-electron chi connectivity index (χ0n) is 10.5. The summed E-state index contributed by atoms with van der Waals surface area (Å²) in [5.41, 5.74) is 5.45. The SMILES string of the molecule is NCCc1ccc(S(=O)(=O)N2CCCNC(=O)C2)s1. The van der Waals surface area contributed by atoms with Gasteiger partial charge >= 0.3 is 0 Å². The van der Waals surface area contributed by atoms with Crippen molar-refractivity contribution in [2.24, 2.45) is 5.73 Å². The van der Waals surface area contributed by atoms with Crippen molar-refractivity contribution >= 4 is 27.3 Å². The number of sulfonamides is 1. The molecule has 1 fully saturated rings. The maximum absolute atomic E-state index is 12.4. The first-order valence-corrected chi connectivity index (χ1v) is 8.35. The van der Waals surface area contributed by atoms with Crippen LogP contribution in [0.15, 0.2) is 16.3 Å². The molecule has 0 atom stereocenters. The Bertz CT molecular complexity index is 553. The van der Waals surface area contributed by atoms with Crippen LogP contribution in [-0.2, 0) is 21.2 Å². The number of nitrogens with one attached hydrogen (secondary N) is 1. The number of hydrogen-bond donors (Lipinski definition) is 2. The minimum absolute atomic E-state index is 0.105. The molecule has 0 bridgehead atoms. The minimum atomic E-state index is -3.57. The molecule has 1 amide bonds. The molecule has 1 aromatic rings. The Morgan fingerprint density at radius 1 is 1.42 bits per heavy atom. The second kappa shape index (κ2) is 6.00. The van der Waals surface area contributed by atoms with Crippen molar-refractivity contribution in [3.8, 4) is 0 Å². The van der Waals surface area contributed by atoms with E-state index in [0.29, 0.717) is 32.5 Å². The Morgan fingerprint density at radius 2 is 2.21 bits per heavy atom. The Hall–Kier alpha value is -0.960. The topological polar surface area (TPSA) is 92.5 Å². The molecular weight excluding hydrogens is 286 g/mol. The number of carbonyl (C=O) groups excluding carboxylic acids is 1. The number of hydrogen-bond acceptors (Lipinski definition) is 5. The number of nitrogens with two attached hydrogens (primary N) is 1. The van der Waals surface area contributed by atoms with E-state index in [2.05, 4.69) is 5.32 Å². The normalized spacial score (nSPS) is 18.1. The molecule has 1 aromatic heterocycles. The fourth-order valence-electron chi connectivity index (χ4n) is 1.88. The van der Waals surface area contributed by atoms with Crippen LogP contribution in [0.5, 0.6) is 0 Å². The fraction of sp³-hybridized carbons (Fsp3) is 0.545. The van der Waals surface area contributed by atoms with E-state index in [-0.39, 0.29) is 16.7 Å². The van der Waals surface area contributed by atoms with Crippen LogP contribution >= 0.6 is 11.3 Å². The summed E-state index contributed by atoms with van der Waals surface area (Å²) in [5, 5.41) is 2.67. The van der Waals surface area contributed by atoms with E-state index >= 15 is 0 Å². The molecule has 0 radical (unpaired) electrons. The van der Waals surface area contributed by atoms with Gasteiger partial charge in [-0.25, -0.2) is 8.42 Å². The number of nitrogens with zero attached hydrogens (tertiary/aromatic N) is 1. The molecule has 8 heteroatoms. The molecule has 1 aliphatic rings. The lowest BCUT2D eigenvalue weighted by atomic mass is 10.3. The molecule has 0 aromatic carbocycles. The highest BCUT2D eigenvalue weighted by Gasteiger charge is 2.29. The smallest absolute Gasteiger partial charge is 0.253 e. The van der Waals surface area contributed by atoms with E-state index in [1.165, 1.54) is 15.6 Å². The third kappa shape index (κ3) is 3.33. The minimum Gasteiger partial charge on any atom is -0.355 e. The van der Waals surface area contributed by atoms with Crippen molar-refractivity contribution in [1.82, 2.24) is 9.62 Å². The number of rotatable bonds is 4. The fourth-order valence-corrected chi connectivity index (χ4v) is 4.84. The summed E-state index contributed by atoms with van der Waals surface area (Å²) in [4.78, 5) is 12.4. The van der Waals surface area contributed by atoms with Gasteiger partial charge in [0.15, 0.2) is 0 Å². The molecule has 3 N–H and O–H groups in total. The van der Waals surface area contributed by atoms with Gasteiger partial charge in [0.05, 0.1) is 6.54 Å². The highest BCUT2D eigenvalue weighted by Crippen LogP contribution is 2.25. The second-order valence-corrected chi connectivity index (χ2v) is 7.63. The Balaban J connectivity index is 2.22. The zero-order valence-corrected chi connectivity index (χ0v) is 12.1. The highest BCUT2D eigenvalue weighted by atomic mass is 32.2. The maximum Gasteiger partial charge on any atom is 0.253 e. The lowest BCUT2D eigenvalue weighted by Gasteiger charge is -2.17. The molecule has 6 nitrogen and oxygen atoms in total. The first-order valence-electron chi connectivity index (χ1n) is 6.09. The summed E-state index contributed by atoms with van der Waals surface area (Å²) < 4.78 is 26.4. The van der Waals surface area contributed by atoms with Gasteiger partial charge in [0.2, 0.25) is 5.91 Å². The molecule has 0 aliphatic carbocycles. The van der Waals surface area contributed by atoms with E-state index in [9.17, 15) is 13.2 Å². The average molecular weight is 303 g/mol. The first-order chi connectivity index (χ1) is 9.04. The molecule has 19 heavy (non-hydrogen) atoms. The van der Waals surface area contributed by atoms with Crippen molar-refractivity contribution in [3.63, 3.8) is 0 Å². The van der Waals surface area contributed by atoms with E-state index in [0.717, 1.165) is 4.88 Å². The maximum atomic E-state index is 12.4. The largest absolute Gasteiger partial charge is 0.355 e. The van der Waals surface area contributed by atoms with Gasteiger partial charge in [0.25, 0.3) is 10.0 Å². The second-order valence-electron chi connectivity index (χ2n) is 4.30. The van der Waals surface area contributed by atoms with E-state index in [4.69, 9.17) is 5.73 Å². The van der Waals surface area contributed by atoms with Crippen LogP contribution < -0.4 is 11.1 Å². The molecule has 106 valence electrons. The summed E-state index contributed by atoms with van der Waals surface area (Å²) in [6.45, 7) is 1.28. The van der Waals surface area contributed by atoms with Gasteiger partial charge in [-0.1, -0.05) is 0 Å². The molecule has 2 rings (SSSR count). The van der Waals surface area contributed by atoms with Crippen molar-refractivity contribution < 1.29 is 13.2 Å². The monoisotopic (exact) mass is 303 g/mol. The van der Waals surface area contributed by atoms with Crippen molar-refractivity contribution in [2.45, 2.75) is 17.1 Å². The third-order valence-electron chi connectivity index (χ3n) is 2.85. The van der Waals surface area contributed by atoms with E-state index in [1.807, 2.05) is 0 Å². The molecular formula is C11H17N3O3S2. The average Bonchev–Trinajstić information content (AvgIpc) is 2.72. The van der Waals surface area contributed by atoms with Gasteiger partial charge in [-0.05, 0) is 31.5 Å². The molecule has 1 aliphatic heterocycles. The number of amides is 1. The standard InChI is InChI=1S/C11H17N3O3S2/c12-5-4-9-2-3-11(18-9)19(16,17)14-7-1-6-13-10(15)8-14/h2-3H,1,4-8,12H2,(H,13,15). The van der Waals surface area contributed by atoms with E-state index in [1.54, 1.807) is 12.1 Å². The molecule has 0 spiro atoms. The molecule has 0 saturated carbocycles. The van der Waals surface area contributed by atoms with Crippen LogP contribution in [0.3, 0.4) is 0 Å². The summed E-state index contributed by atoms with van der Waals surface area (Å²) in [6.07, 6.45) is 1.30. The summed E-state index contributed by atoms with van der Waals surface area (Å²) in [5.74, 6) is -0.250. The lowest BCUT2D eigenvalue weighted by molar-refractivity contribution is -0.120. The zero-order chi connectivity index (χ0) is 13.9. The molecule has 0 unspecified atom stereocenters. The van der Waals surface area contributed by atoms with Crippen LogP contribution in [0.4, 0.5) is 0 Å². The summed E-state index contributed by atoms with van der Waals surface area (Å²) >= 11 is 1.22. The van der Waals surface area contributed by atoms with Gasteiger partial charge in [-0.15, -0.1) is 11.3 Å². The van der Waals surface area contributed by atoms with Crippen molar-refractivity contribution in [2.75, 3.05) is 26.2 Å². The van der Waals surface area contributed by atoms with Gasteiger partial charge in [-0.3, -0.25) is 4.79 Å². The van der Waals surface area contributed by atoms with Gasteiger partial charge in [0.1, 0.15) is 4.21 Å². The summed E-state index contributed by atoms with van der Waals surface area (Å²) in [7, 11) is -3.57. The predicted octanol–water partition coefficient (Wildman–Crippen LogP) is -0.240. The quantitative estimate of drug-likeness (QED) is 0.803. The van der Waals surface area contributed by atoms with Crippen molar-refractivity contribution in [3.05, 3.63) is 17.0 Å². The molecule has 2 heterocycles. The summed E-state index contributed by atoms with van der Waals surface area (Å²) in [6, 6.07) is 3.37. The number of thiophene rings is 1. The molecule has 1 saturated heterocycles. The Labute approximate surface area is 116 Å². The Morgan fingerprint density at radius 3 is 2.95 bits per heavy atom. The van der Waals surface area contributed by atoms with Crippen LogP contribution in [0.2, 0.25) is 0 Å². The number of carbonyl (C=O) groups is 1. The van der Waals surface area contributed by atoms with Crippen LogP contribution in [0.1, 0.15) is 11.3 Å². The lowest BCUT2D eigenvalue weighted by Crippen LogP contribution is -2.37. The van der Waals surface area contributed by atoms with Crippen molar-refractivity contribution in [1.29, 1.82) is 0 Å². The van der Waals surface area contributed by atoms with Gasteiger partial charge < -0.3 is 11.1 Å². The van der Waals surface area contributed by atoms with Crippen LogP contribution in [0, 0.1) is 0 Å². The van der Waals surface area contributed by atoms with Crippen LogP contribution in [-0.4, -0.2) is 44.8 Å². The van der Waals surface area contributed by atoms with Gasteiger partial charge in [-0.2, -0.15) is 4.31 Å². The Kier molecular flexibility index (Phi) is 4.56.